The van der Waals surface area contributed by atoms with Gasteiger partial charge in [-0.25, -0.2) is 0 Å². The molecule has 1 amide bonds. The van der Waals surface area contributed by atoms with Crippen LogP contribution in [0.25, 0.3) is 0 Å². The normalized spacial score (nSPS) is 22.3. The Labute approximate surface area is 145 Å². The predicted octanol–water partition coefficient (Wildman–Crippen LogP) is 5.16. The van der Waals surface area contributed by atoms with Gasteiger partial charge in [0.2, 0.25) is 5.91 Å². The highest BCUT2D eigenvalue weighted by atomic mass is 16.2. The van der Waals surface area contributed by atoms with Gasteiger partial charge >= 0.3 is 0 Å². The average Bonchev–Trinajstić information content (AvgIpc) is 2.54. The van der Waals surface area contributed by atoms with Crippen molar-refractivity contribution in [2.45, 2.75) is 52.0 Å². The van der Waals surface area contributed by atoms with E-state index in [1.807, 2.05) is 24.8 Å². The molecule has 1 atom stereocenters. The van der Waals surface area contributed by atoms with Crippen LogP contribution >= 0.6 is 0 Å². The molecule has 1 heterocycles. The average molecular weight is 321 g/mol. The smallest absolute Gasteiger partial charge is 0.230 e. The molecule has 2 nitrogen and oxygen atoms in total. The first-order chi connectivity index (χ1) is 11.3. The number of amides is 1. The molecular formula is C22H27NO. The summed E-state index contributed by atoms with van der Waals surface area (Å²) in [5.74, 6) is 0.181. The third kappa shape index (κ3) is 2.54. The van der Waals surface area contributed by atoms with Gasteiger partial charge in [-0.2, -0.15) is 0 Å². The molecule has 0 bridgehead atoms. The zero-order valence-corrected chi connectivity index (χ0v) is 15.3. The lowest BCUT2D eigenvalue weighted by Crippen LogP contribution is -2.56. The Morgan fingerprint density at radius 3 is 2.17 bits per heavy atom. The van der Waals surface area contributed by atoms with Crippen LogP contribution in [-0.4, -0.2) is 11.4 Å². The second-order valence-corrected chi connectivity index (χ2v) is 8.03. The number of benzene rings is 2. The van der Waals surface area contributed by atoms with E-state index in [-0.39, 0.29) is 22.8 Å². The van der Waals surface area contributed by atoms with E-state index in [4.69, 9.17) is 0 Å². The minimum absolute atomic E-state index is 0.0154. The van der Waals surface area contributed by atoms with Crippen molar-refractivity contribution in [3.8, 4) is 0 Å². The zero-order valence-electron chi connectivity index (χ0n) is 15.3. The molecule has 3 rings (SSSR count). The summed E-state index contributed by atoms with van der Waals surface area (Å²) in [6, 6.07) is 19.0. The summed E-state index contributed by atoms with van der Waals surface area (Å²) in [6.45, 7) is 10.6. The lowest BCUT2D eigenvalue weighted by Gasteiger charge is -2.52. The third-order valence-corrected chi connectivity index (χ3v) is 5.26. The molecule has 24 heavy (non-hydrogen) atoms. The lowest BCUT2D eigenvalue weighted by molar-refractivity contribution is -0.122. The Hall–Kier alpha value is -2.09. The monoisotopic (exact) mass is 321 g/mol. The van der Waals surface area contributed by atoms with Crippen LogP contribution in [0.5, 0.6) is 0 Å². The molecule has 0 aliphatic carbocycles. The molecule has 0 spiro atoms. The molecule has 2 aromatic carbocycles. The second-order valence-electron chi connectivity index (χ2n) is 8.03. The summed E-state index contributed by atoms with van der Waals surface area (Å²) in [6.07, 6.45) is 0.902. The maximum absolute atomic E-state index is 12.9. The Morgan fingerprint density at radius 1 is 0.958 bits per heavy atom. The lowest BCUT2D eigenvalue weighted by atomic mass is 9.65. The standard InChI is InChI=1S/C22H27NO/c1-16(2)20(24)23-19-14-10-9-13-18(19)22(5,15-21(23,3)4)17-11-7-6-8-12-17/h6-14,16H,15H2,1-5H3. The molecule has 1 unspecified atom stereocenters. The Bertz CT molecular complexity index is 748. The molecule has 1 aliphatic heterocycles. The maximum Gasteiger partial charge on any atom is 0.230 e. The van der Waals surface area contributed by atoms with Crippen molar-refractivity contribution in [2.75, 3.05) is 4.90 Å². The van der Waals surface area contributed by atoms with Crippen LogP contribution in [0.1, 0.15) is 52.2 Å². The van der Waals surface area contributed by atoms with Gasteiger partial charge in [-0.3, -0.25) is 4.79 Å². The molecule has 0 radical (unpaired) electrons. The second kappa shape index (κ2) is 5.77. The molecule has 0 aromatic heterocycles. The van der Waals surface area contributed by atoms with Gasteiger partial charge in [0.05, 0.1) is 0 Å². The molecular weight excluding hydrogens is 294 g/mol. The van der Waals surface area contributed by atoms with Crippen LogP contribution < -0.4 is 4.90 Å². The van der Waals surface area contributed by atoms with Crippen molar-refractivity contribution in [1.82, 2.24) is 0 Å². The van der Waals surface area contributed by atoms with E-state index in [1.54, 1.807) is 0 Å². The summed E-state index contributed by atoms with van der Waals surface area (Å²) in [4.78, 5) is 15.0. The predicted molar refractivity (Wildman–Crippen MR) is 100 cm³/mol. The highest BCUT2D eigenvalue weighted by molar-refractivity contribution is 5.97. The number of carbonyl (C=O) groups excluding carboxylic acids is 1. The first-order valence-electron chi connectivity index (χ1n) is 8.76. The van der Waals surface area contributed by atoms with Gasteiger partial charge in [-0.05, 0) is 37.5 Å². The van der Waals surface area contributed by atoms with Crippen LogP contribution in [0.2, 0.25) is 0 Å². The van der Waals surface area contributed by atoms with Crippen LogP contribution in [0, 0.1) is 5.92 Å². The summed E-state index contributed by atoms with van der Waals surface area (Å²) in [5, 5.41) is 0. The first-order valence-corrected chi connectivity index (χ1v) is 8.76. The van der Waals surface area contributed by atoms with Crippen molar-refractivity contribution in [1.29, 1.82) is 0 Å². The molecule has 0 saturated carbocycles. The van der Waals surface area contributed by atoms with Gasteiger partial charge < -0.3 is 4.90 Å². The molecule has 2 aromatic rings. The molecule has 0 fully saturated rings. The summed E-state index contributed by atoms with van der Waals surface area (Å²) in [5.41, 5.74) is 3.26. The van der Waals surface area contributed by atoms with E-state index in [0.717, 1.165) is 12.1 Å². The van der Waals surface area contributed by atoms with Gasteiger partial charge in [0, 0.05) is 22.6 Å². The minimum atomic E-state index is -0.236. The Morgan fingerprint density at radius 2 is 1.54 bits per heavy atom. The fourth-order valence-electron chi connectivity index (χ4n) is 4.24. The molecule has 1 aliphatic rings. The maximum atomic E-state index is 12.9. The van der Waals surface area contributed by atoms with Gasteiger partial charge in [0.1, 0.15) is 0 Å². The number of hydrogen-bond acceptors (Lipinski definition) is 1. The van der Waals surface area contributed by atoms with Gasteiger partial charge in [-0.1, -0.05) is 69.3 Å². The zero-order chi connectivity index (χ0) is 17.5. The summed E-state index contributed by atoms with van der Waals surface area (Å²) >= 11 is 0. The van der Waals surface area contributed by atoms with Crippen LogP contribution in [0.15, 0.2) is 54.6 Å². The number of fused-ring (bicyclic) bond motifs is 1. The van der Waals surface area contributed by atoms with Crippen molar-refractivity contribution in [2.24, 2.45) is 5.92 Å². The molecule has 0 saturated heterocycles. The SMILES string of the molecule is CC(C)C(=O)N1c2ccccc2C(C)(c2ccccc2)CC1(C)C. The van der Waals surface area contributed by atoms with Gasteiger partial charge in [0.25, 0.3) is 0 Å². The minimum Gasteiger partial charge on any atom is -0.306 e. The van der Waals surface area contributed by atoms with E-state index in [2.05, 4.69) is 69.3 Å². The van der Waals surface area contributed by atoms with Crippen molar-refractivity contribution >= 4 is 11.6 Å². The van der Waals surface area contributed by atoms with Crippen molar-refractivity contribution in [3.05, 3.63) is 65.7 Å². The number of nitrogens with zero attached hydrogens (tertiary/aromatic N) is 1. The first kappa shape index (κ1) is 16.8. The fourth-order valence-corrected chi connectivity index (χ4v) is 4.24. The van der Waals surface area contributed by atoms with E-state index in [0.29, 0.717) is 0 Å². The number of anilines is 1. The van der Waals surface area contributed by atoms with Crippen LogP contribution in [-0.2, 0) is 10.2 Å². The topological polar surface area (TPSA) is 20.3 Å². The fraction of sp³-hybridized carbons (Fsp3) is 0.409. The number of para-hydroxylation sites is 1. The molecule has 126 valence electrons. The van der Waals surface area contributed by atoms with Crippen molar-refractivity contribution < 1.29 is 4.79 Å². The number of carbonyl (C=O) groups is 1. The van der Waals surface area contributed by atoms with Crippen LogP contribution in [0.4, 0.5) is 5.69 Å². The van der Waals surface area contributed by atoms with E-state index < -0.39 is 0 Å². The number of hydrogen-bond donors (Lipinski definition) is 0. The highest BCUT2D eigenvalue weighted by Gasteiger charge is 2.47. The largest absolute Gasteiger partial charge is 0.306 e. The van der Waals surface area contributed by atoms with E-state index in [1.165, 1.54) is 11.1 Å². The third-order valence-electron chi connectivity index (χ3n) is 5.26. The van der Waals surface area contributed by atoms with Crippen LogP contribution in [0.3, 0.4) is 0 Å². The van der Waals surface area contributed by atoms with E-state index in [9.17, 15) is 4.79 Å². The summed E-state index contributed by atoms with van der Waals surface area (Å²) in [7, 11) is 0. The van der Waals surface area contributed by atoms with Gasteiger partial charge in [0.15, 0.2) is 0 Å². The Kier molecular flexibility index (Phi) is 4.03. The highest BCUT2D eigenvalue weighted by Crippen LogP contribution is 2.50. The Balaban J connectivity index is 2.23. The summed E-state index contributed by atoms with van der Waals surface area (Å²) < 4.78 is 0. The van der Waals surface area contributed by atoms with Gasteiger partial charge in [-0.15, -0.1) is 0 Å². The molecule has 2 heteroatoms. The quantitative estimate of drug-likeness (QED) is 0.748. The number of rotatable bonds is 2. The molecule has 0 N–H and O–H groups in total. The van der Waals surface area contributed by atoms with Crippen molar-refractivity contribution in [3.63, 3.8) is 0 Å². The van der Waals surface area contributed by atoms with E-state index >= 15 is 0 Å².